The van der Waals surface area contributed by atoms with E-state index in [1.165, 1.54) is 4.90 Å². The van der Waals surface area contributed by atoms with Crippen LogP contribution in [0.3, 0.4) is 0 Å². The molecule has 110 valence electrons. The molecule has 0 aromatic rings. The summed E-state index contributed by atoms with van der Waals surface area (Å²) in [6.07, 6.45) is 1.10. The first kappa shape index (κ1) is 16.1. The van der Waals surface area contributed by atoms with Crippen molar-refractivity contribution in [2.45, 2.75) is 25.8 Å². The molecule has 0 spiro atoms. The molecule has 1 atom stereocenters. The van der Waals surface area contributed by atoms with Crippen LogP contribution >= 0.6 is 0 Å². The molecule has 0 aliphatic carbocycles. The van der Waals surface area contributed by atoms with Gasteiger partial charge < -0.3 is 15.0 Å². The SMILES string of the molecule is CCCN1C(=O)CC(NCCN(C)CCOC)C1=O. The summed E-state index contributed by atoms with van der Waals surface area (Å²) in [4.78, 5) is 27.1. The average Bonchev–Trinajstić information content (AvgIpc) is 2.64. The standard InChI is InChI=1S/C13H25N3O3/c1-4-6-16-12(17)10-11(13(16)18)14-5-7-15(2)8-9-19-3/h11,14H,4-10H2,1-3H3. The lowest BCUT2D eigenvalue weighted by Crippen LogP contribution is -2.42. The molecule has 0 radical (unpaired) electrons. The van der Waals surface area contributed by atoms with Crippen LogP contribution in [0.1, 0.15) is 19.8 Å². The number of likely N-dealkylation sites (N-methyl/N-ethyl adjacent to an activating group) is 1. The van der Waals surface area contributed by atoms with E-state index < -0.39 is 0 Å². The molecule has 0 bridgehead atoms. The van der Waals surface area contributed by atoms with Gasteiger partial charge in [-0.15, -0.1) is 0 Å². The number of hydrogen-bond acceptors (Lipinski definition) is 5. The molecule has 1 N–H and O–H groups in total. The maximum atomic E-state index is 12.0. The molecule has 1 fully saturated rings. The van der Waals surface area contributed by atoms with Crippen LogP contribution in [0.15, 0.2) is 0 Å². The Morgan fingerprint density at radius 2 is 2.16 bits per heavy atom. The van der Waals surface area contributed by atoms with Gasteiger partial charge in [-0.2, -0.15) is 0 Å². The molecule has 0 saturated carbocycles. The van der Waals surface area contributed by atoms with Crippen molar-refractivity contribution < 1.29 is 14.3 Å². The highest BCUT2D eigenvalue weighted by Gasteiger charge is 2.37. The van der Waals surface area contributed by atoms with Gasteiger partial charge in [0.05, 0.1) is 19.1 Å². The van der Waals surface area contributed by atoms with Gasteiger partial charge in [0.15, 0.2) is 0 Å². The van der Waals surface area contributed by atoms with Crippen LogP contribution in [0.4, 0.5) is 0 Å². The third-order valence-corrected chi connectivity index (χ3v) is 3.25. The number of imide groups is 1. The van der Waals surface area contributed by atoms with E-state index in [1.807, 2.05) is 14.0 Å². The van der Waals surface area contributed by atoms with Crippen LogP contribution in [0, 0.1) is 0 Å². The Kier molecular flexibility index (Phi) is 6.97. The molecule has 1 unspecified atom stereocenters. The minimum Gasteiger partial charge on any atom is -0.383 e. The molecule has 1 aliphatic heterocycles. The summed E-state index contributed by atoms with van der Waals surface area (Å²) in [5.74, 6) is -0.136. The molecule has 0 aromatic carbocycles. The molecular formula is C13H25N3O3. The van der Waals surface area contributed by atoms with Crippen LogP contribution in [0.25, 0.3) is 0 Å². The van der Waals surface area contributed by atoms with E-state index in [0.717, 1.165) is 19.5 Å². The Morgan fingerprint density at radius 3 is 2.79 bits per heavy atom. The van der Waals surface area contributed by atoms with Crippen molar-refractivity contribution in [1.82, 2.24) is 15.1 Å². The number of nitrogens with zero attached hydrogens (tertiary/aromatic N) is 2. The summed E-state index contributed by atoms with van der Waals surface area (Å²) in [6.45, 7) is 5.58. The van der Waals surface area contributed by atoms with E-state index in [1.54, 1.807) is 7.11 Å². The highest BCUT2D eigenvalue weighted by Crippen LogP contribution is 2.13. The van der Waals surface area contributed by atoms with E-state index in [4.69, 9.17) is 4.74 Å². The number of carbonyl (C=O) groups is 2. The third-order valence-electron chi connectivity index (χ3n) is 3.25. The number of nitrogens with one attached hydrogen (secondary N) is 1. The molecule has 19 heavy (non-hydrogen) atoms. The fraction of sp³-hybridized carbons (Fsp3) is 0.846. The van der Waals surface area contributed by atoms with Crippen molar-refractivity contribution in [3.8, 4) is 0 Å². The lowest BCUT2D eigenvalue weighted by Gasteiger charge is -2.18. The van der Waals surface area contributed by atoms with E-state index in [-0.39, 0.29) is 17.9 Å². The summed E-state index contributed by atoms with van der Waals surface area (Å²) in [7, 11) is 3.68. The van der Waals surface area contributed by atoms with Gasteiger partial charge in [0.25, 0.3) is 0 Å². The van der Waals surface area contributed by atoms with Gasteiger partial charge in [0.1, 0.15) is 0 Å². The van der Waals surface area contributed by atoms with Gasteiger partial charge in [-0.1, -0.05) is 6.92 Å². The molecule has 1 saturated heterocycles. The maximum absolute atomic E-state index is 12.0. The van der Waals surface area contributed by atoms with Gasteiger partial charge in [0.2, 0.25) is 11.8 Å². The van der Waals surface area contributed by atoms with Crippen molar-refractivity contribution in [3.63, 3.8) is 0 Å². The Labute approximate surface area is 115 Å². The van der Waals surface area contributed by atoms with Crippen molar-refractivity contribution in [2.75, 3.05) is 46.9 Å². The first-order valence-electron chi connectivity index (χ1n) is 6.85. The van der Waals surface area contributed by atoms with Crippen molar-refractivity contribution in [3.05, 3.63) is 0 Å². The number of hydrogen-bond donors (Lipinski definition) is 1. The Balaban J connectivity index is 2.27. The summed E-state index contributed by atoms with van der Waals surface area (Å²) < 4.78 is 5.00. The second-order valence-electron chi connectivity index (χ2n) is 4.89. The summed E-state index contributed by atoms with van der Waals surface area (Å²) >= 11 is 0. The molecular weight excluding hydrogens is 246 g/mol. The monoisotopic (exact) mass is 271 g/mol. The summed E-state index contributed by atoms with van der Waals surface area (Å²) in [5, 5.41) is 3.16. The number of likely N-dealkylation sites (tertiary alicyclic amines) is 1. The highest BCUT2D eigenvalue weighted by atomic mass is 16.5. The number of methoxy groups -OCH3 is 1. The van der Waals surface area contributed by atoms with E-state index in [9.17, 15) is 9.59 Å². The fourth-order valence-corrected chi connectivity index (χ4v) is 2.09. The minimum absolute atomic E-state index is 0.0583. The van der Waals surface area contributed by atoms with Gasteiger partial charge in [-0.3, -0.25) is 14.5 Å². The van der Waals surface area contributed by atoms with E-state index in [2.05, 4.69) is 10.2 Å². The van der Waals surface area contributed by atoms with Crippen LogP contribution < -0.4 is 5.32 Å². The third kappa shape index (κ3) is 4.89. The maximum Gasteiger partial charge on any atom is 0.246 e. The van der Waals surface area contributed by atoms with Gasteiger partial charge in [-0.05, 0) is 13.5 Å². The van der Waals surface area contributed by atoms with Gasteiger partial charge in [-0.25, -0.2) is 0 Å². The zero-order valence-corrected chi connectivity index (χ0v) is 12.1. The van der Waals surface area contributed by atoms with Crippen LogP contribution in [0.2, 0.25) is 0 Å². The topological polar surface area (TPSA) is 61.9 Å². The number of rotatable bonds is 9. The first-order valence-corrected chi connectivity index (χ1v) is 6.85. The number of amides is 2. The summed E-state index contributed by atoms with van der Waals surface area (Å²) in [6, 6.07) is -0.338. The molecule has 2 amide bonds. The number of ether oxygens (including phenoxy) is 1. The zero-order valence-electron chi connectivity index (χ0n) is 12.1. The molecule has 1 aliphatic rings. The van der Waals surface area contributed by atoms with Crippen LogP contribution in [-0.4, -0.2) is 74.6 Å². The first-order chi connectivity index (χ1) is 9.10. The second-order valence-corrected chi connectivity index (χ2v) is 4.89. The second kappa shape index (κ2) is 8.24. The van der Waals surface area contributed by atoms with Crippen molar-refractivity contribution in [1.29, 1.82) is 0 Å². The lowest BCUT2D eigenvalue weighted by atomic mass is 10.2. The molecule has 6 nitrogen and oxygen atoms in total. The van der Waals surface area contributed by atoms with E-state index in [0.29, 0.717) is 26.1 Å². The van der Waals surface area contributed by atoms with Crippen molar-refractivity contribution in [2.24, 2.45) is 0 Å². The molecule has 1 heterocycles. The Morgan fingerprint density at radius 1 is 1.42 bits per heavy atom. The predicted octanol–water partition coefficient (Wildman–Crippen LogP) is -0.308. The molecule has 0 aromatic heterocycles. The van der Waals surface area contributed by atoms with Gasteiger partial charge in [0, 0.05) is 33.3 Å². The van der Waals surface area contributed by atoms with Gasteiger partial charge >= 0.3 is 0 Å². The largest absolute Gasteiger partial charge is 0.383 e. The molecule has 6 heteroatoms. The Hall–Kier alpha value is -0.980. The van der Waals surface area contributed by atoms with Crippen LogP contribution in [0.5, 0.6) is 0 Å². The minimum atomic E-state index is -0.338. The fourth-order valence-electron chi connectivity index (χ4n) is 2.09. The van der Waals surface area contributed by atoms with E-state index >= 15 is 0 Å². The number of carbonyl (C=O) groups excluding carboxylic acids is 2. The van der Waals surface area contributed by atoms with Crippen LogP contribution in [-0.2, 0) is 14.3 Å². The smallest absolute Gasteiger partial charge is 0.246 e. The van der Waals surface area contributed by atoms with Crippen molar-refractivity contribution >= 4 is 11.8 Å². The summed E-state index contributed by atoms with van der Waals surface area (Å²) in [5.41, 5.74) is 0. The average molecular weight is 271 g/mol. The Bertz CT molecular complexity index is 310. The molecule has 1 rings (SSSR count). The predicted molar refractivity (Wildman–Crippen MR) is 72.8 cm³/mol. The quantitative estimate of drug-likeness (QED) is 0.583. The zero-order chi connectivity index (χ0) is 14.3. The normalized spacial score (nSPS) is 19.8. The lowest BCUT2D eigenvalue weighted by molar-refractivity contribution is -0.138. The highest BCUT2D eigenvalue weighted by molar-refractivity contribution is 6.05.